The Hall–Kier alpha value is -1.58. The molecule has 0 saturated heterocycles. The van der Waals surface area contributed by atoms with E-state index in [0.717, 1.165) is 35.9 Å². The van der Waals surface area contributed by atoms with Gasteiger partial charge in [-0.3, -0.25) is 9.67 Å². The fraction of sp³-hybridized carbons (Fsp3) is 0.500. The molecule has 0 aliphatic rings. The predicted molar refractivity (Wildman–Crippen MR) is 96.2 cm³/mol. The molecule has 0 aromatic carbocycles. The van der Waals surface area contributed by atoms with Gasteiger partial charge in [0.1, 0.15) is 0 Å². The summed E-state index contributed by atoms with van der Waals surface area (Å²) in [5, 5.41) is 11.4. The molecule has 2 aromatic heterocycles. The van der Waals surface area contributed by atoms with Crippen molar-refractivity contribution in [2.75, 3.05) is 14.1 Å². The average Bonchev–Trinajstić information content (AvgIpc) is 3.08. The molecule has 0 radical (unpaired) electrons. The molecule has 2 heterocycles. The summed E-state index contributed by atoms with van der Waals surface area (Å²) >= 11 is 0. The number of halogens is 1. The molecular formula is C14H23IN6O. The summed E-state index contributed by atoms with van der Waals surface area (Å²) < 4.78 is 7.04. The highest BCUT2D eigenvalue weighted by atomic mass is 127. The van der Waals surface area contributed by atoms with Gasteiger partial charge in [0.2, 0.25) is 0 Å². The summed E-state index contributed by atoms with van der Waals surface area (Å²) in [7, 11) is 5.66. The van der Waals surface area contributed by atoms with Crippen LogP contribution < -0.4 is 5.32 Å². The van der Waals surface area contributed by atoms with Gasteiger partial charge in [0.15, 0.2) is 11.7 Å². The lowest BCUT2D eigenvalue weighted by Gasteiger charge is -2.20. The molecule has 0 unspecified atom stereocenters. The van der Waals surface area contributed by atoms with Crippen LogP contribution in [0.2, 0.25) is 0 Å². The number of guanidine groups is 1. The fourth-order valence-electron chi connectivity index (χ4n) is 2.06. The first-order valence-electron chi connectivity index (χ1n) is 6.96. The van der Waals surface area contributed by atoms with Crippen molar-refractivity contribution in [2.45, 2.75) is 26.4 Å². The van der Waals surface area contributed by atoms with E-state index >= 15 is 0 Å². The van der Waals surface area contributed by atoms with Crippen LogP contribution in [0.15, 0.2) is 28.0 Å². The first kappa shape index (κ1) is 18.5. The maximum Gasteiger partial charge on any atom is 0.194 e. The number of rotatable bonds is 5. The van der Waals surface area contributed by atoms with Gasteiger partial charge in [-0.1, -0.05) is 12.1 Å². The van der Waals surface area contributed by atoms with Crippen molar-refractivity contribution in [1.82, 2.24) is 25.2 Å². The van der Waals surface area contributed by atoms with E-state index in [2.05, 4.69) is 27.5 Å². The van der Waals surface area contributed by atoms with Crippen molar-refractivity contribution < 1.29 is 4.52 Å². The van der Waals surface area contributed by atoms with Crippen LogP contribution in [0.3, 0.4) is 0 Å². The van der Waals surface area contributed by atoms with Crippen LogP contribution in [-0.2, 0) is 26.6 Å². The summed E-state index contributed by atoms with van der Waals surface area (Å²) in [5.41, 5.74) is 2.10. The van der Waals surface area contributed by atoms with Crippen molar-refractivity contribution in [3.8, 4) is 0 Å². The zero-order valence-corrected chi connectivity index (χ0v) is 15.7. The number of aliphatic imine (C=N–C) groups is 1. The largest absolute Gasteiger partial charge is 0.359 e. The summed E-state index contributed by atoms with van der Waals surface area (Å²) in [6.07, 6.45) is 4.72. The van der Waals surface area contributed by atoms with Crippen LogP contribution >= 0.6 is 24.0 Å². The third kappa shape index (κ3) is 5.00. The monoisotopic (exact) mass is 418 g/mol. The van der Waals surface area contributed by atoms with Gasteiger partial charge in [0.25, 0.3) is 0 Å². The van der Waals surface area contributed by atoms with E-state index in [1.807, 2.05) is 37.5 Å². The van der Waals surface area contributed by atoms with Crippen molar-refractivity contribution in [2.24, 2.45) is 12.0 Å². The topological polar surface area (TPSA) is 71.5 Å². The van der Waals surface area contributed by atoms with E-state index in [0.29, 0.717) is 6.54 Å². The highest BCUT2D eigenvalue weighted by Crippen LogP contribution is 2.05. The Morgan fingerprint density at radius 2 is 2.27 bits per heavy atom. The molecule has 2 rings (SSSR count). The molecule has 0 aliphatic carbocycles. The molecule has 0 spiro atoms. The Balaban J connectivity index is 0.00000242. The zero-order valence-electron chi connectivity index (χ0n) is 13.4. The number of nitrogens with one attached hydrogen (secondary N) is 1. The van der Waals surface area contributed by atoms with Crippen LogP contribution in [-0.4, -0.2) is 39.9 Å². The molecule has 8 heteroatoms. The highest BCUT2D eigenvalue weighted by Gasteiger charge is 2.09. The second kappa shape index (κ2) is 8.76. The molecule has 0 atom stereocenters. The molecule has 7 nitrogen and oxygen atoms in total. The molecule has 0 amide bonds. The van der Waals surface area contributed by atoms with Crippen LogP contribution in [0.25, 0.3) is 0 Å². The van der Waals surface area contributed by atoms with Crippen molar-refractivity contribution >= 4 is 29.9 Å². The molecule has 1 N–H and O–H groups in total. The lowest BCUT2D eigenvalue weighted by Crippen LogP contribution is -2.37. The number of aromatic nitrogens is 3. The Labute approximate surface area is 147 Å². The van der Waals surface area contributed by atoms with E-state index in [1.165, 1.54) is 0 Å². The summed E-state index contributed by atoms with van der Waals surface area (Å²) in [5.74, 6) is 1.61. The minimum absolute atomic E-state index is 0. The van der Waals surface area contributed by atoms with Gasteiger partial charge < -0.3 is 14.7 Å². The van der Waals surface area contributed by atoms with E-state index in [9.17, 15) is 0 Å². The molecule has 0 bridgehead atoms. The van der Waals surface area contributed by atoms with E-state index in [1.54, 1.807) is 11.7 Å². The van der Waals surface area contributed by atoms with Crippen molar-refractivity contribution in [3.05, 3.63) is 35.5 Å². The van der Waals surface area contributed by atoms with Gasteiger partial charge in [-0.2, -0.15) is 5.10 Å². The lowest BCUT2D eigenvalue weighted by molar-refractivity contribution is 0.371. The number of hydrogen-bond donors (Lipinski definition) is 1. The Bertz CT molecular complexity index is 606. The fourth-order valence-corrected chi connectivity index (χ4v) is 2.06. The Kier molecular flexibility index (Phi) is 7.36. The van der Waals surface area contributed by atoms with Crippen LogP contribution in [0.4, 0.5) is 0 Å². The molecular weight excluding hydrogens is 395 g/mol. The molecule has 2 aromatic rings. The maximum atomic E-state index is 5.25. The molecule has 22 heavy (non-hydrogen) atoms. The normalized spacial score (nSPS) is 11.2. The quantitative estimate of drug-likeness (QED) is 0.456. The first-order chi connectivity index (χ1) is 10.1. The Morgan fingerprint density at radius 1 is 1.50 bits per heavy atom. The Morgan fingerprint density at radius 3 is 2.82 bits per heavy atom. The van der Waals surface area contributed by atoms with Gasteiger partial charge in [0.05, 0.1) is 18.4 Å². The lowest BCUT2D eigenvalue weighted by atomic mass is 10.3. The van der Waals surface area contributed by atoms with Gasteiger partial charge in [0, 0.05) is 45.5 Å². The molecule has 0 saturated carbocycles. The maximum absolute atomic E-state index is 5.25. The van der Waals surface area contributed by atoms with Gasteiger partial charge in [-0.15, -0.1) is 24.0 Å². The number of aryl methyl sites for hydroxylation is 2. The van der Waals surface area contributed by atoms with Crippen LogP contribution in [0.5, 0.6) is 0 Å². The van der Waals surface area contributed by atoms with E-state index in [-0.39, 0.29) is 24.0 Å². The van der Waals surface area contributed by atoms with E-state index in [4.69, 9.17) is 4.52 Å². The predicted octanol–water partition coefficient (Wildman–Crippen LogP) is 1.80. The van der Waals surface area contributed by atoms with Crippen molar-refractivity contribution in [3.63, 3.8) is 0 Å². The molecule has 0 aliphatic heterocycles. The molecule has 122 valence electrons. The van der Waals surface area contributed by atoms with Crippen LogP contribution in [0, 0.1) is 0 Å². The second-order valence-corrected chi connectivity index (χ2v) is 4.92. The van der Waals surface area contributed by atoms with Gasteiger partial charge in [-0.25, -0.2) is 0 Å². The smallest absolute Gasteiger partial charge is 0.194 e. The third-order valence-electron chi connectivity index (χ3n) is 3.14. The highest BCUT2D eigenvalue weighted by molar-refractivity contribution is 14.0. The third-order valence-corrected chi connectivity index (χ3v) is 3.14. The number of nitrogens with zero attached hydrogens (tertiary/aromatic N) is 5. The van der Waals surface area contributed by atoms with E-state index < -0.39 is 0 Å². The van der Waals surface area contributed by atoms with Crippen molar-refractivity contribution in [1.29, 1.82) is 0 Å². The van der Waals surface area contributed by atoms with Gasteiger partial charge >= 0.3 is 0 Å². The average molecular weight is 418 g/mol. The van der Waals surface area contributed by atoms with Gasteiger partial charge in [-0.05, 0) is 6.42 Å². The standard InChI is InChI=1S/C14H22N6O.HI/c1-5-12-6-13(21-18-12)8-16-14(15-2)19(3)9-11-7-17-20(4)10-11;/h6-7,10H,5,8-9H2,1-4H3,(H,15,16);1H. The zero-order chi connectivity index (χ0) is 15.2. The summed E-state index contributed by atoms with van der Waals surface area (Å²) in [4.78, 5) is 6.31. The summed E-state index contributed by atoms with van der Waals surface area (Å²) in [6.45, 7) is 3.36. The number of hydrogen-bond acceptors (Lipinski definition) is 4. The molecule has 0 fully saturated rings. The summed E-state index contributed by atoms with van der Waals surface area (Å²) in [6, 6.07) is 1.96. The van der Waals surface area contributed by atoms with Crippen LogP contribution in [0.1, 0.15) is 23.9 Å². The second-order valence-electron chi connectivity index (χ2n) is 4.92. The first-order valence-corrected chi connectivity index (χ1v) is 6.96. The minimum atomic E-state index is 0. The minimum Gasteiger partial charge on any atom is -0.359 e. The SMILES string of the molecule is CCc1cc(CNC(=NC)N(C)Cc2cnn(C)c2)on1.I.